The fourth-order valence-corrected chi connectivity index (χ4v) is 6.19. The molecule has 0 aromatic carbocycles. The van der Waals surface area contributed by atoms with Crippen molar-refractivity contribution in [3.8, 4) is 0 Å². The van der Waals surface area contributed by atoms with E-state index in [9.17, 15) is 24.9 Å². The number of ketones is 1. The fraction of sp³-hybridized carbons (Fsp3) is 0.704. The highest BCUT2D eigenvalue weighted by Gasteiger charge is 2.51. The van der Waals surface area contributed by atoms with Crippen molar-refractivity contribution in [2.45, 2.75) is 103 Å². The number of ether oxygens (including phenoxy) is 1. The monoisotopic (exact) mass is 460 g/mol. The number of aliphatic hydroxyl groups is 3. The third-order valence-electron chi connectivity index (χ3n) is 8.17. The van der Waals surface area contributed by atoms with E-state index < -0.39 is 36.0 Å². The maximum atomic E-state index is 12.3. The summed E-state index contributed by atoms with van der Waals surface area (Å²) in [5.41, 5.74) is 1.44. The van der Waals surface area contributed by atoms with Crippen molar-refractivity contribution in [3.05, 3.63) is 35.5 Å². The highest BCUT2D eigenvalue weighted by Crippen LogP contribution is 2.58. The Balaban J connectivity index is 1.70. The Morgan fingerprint density at radius 1 is 1.27 bits per heavy atom. The van der Waals surface area contributed by atoms with Gasteiger partial charge >= 0.3 is 5.97 Å². The van der Waals surface area contributed by atoms with Gasteiger partial charge in [0.15, 0.2) is 5.78 Å². The molecule has 0 heterocycles. The Labute approximate surface area is 197 Å². The van der Waals surface area contributed by atoms with E-state index in [-0.39, 0.29) is 17.4 Å². The molecule has 6 nitrogen and oxygen atoms in total. The Kier molecular flexibility index (Phi) is 7.72. The van der Waals surface area contributed by atoms with Gasteiger partial charge in [0.05, 0.1) is 12.2 Å². The molecule has 3 aliphatic carbocycles. The van der Waals surface area contributed by atoms with Crippen LogP contribution in [-0.4, -0.2) is 51.0 Å². The summed E-state index contributed by atoms with van der Waals surface area (Å²) < 4.78 is 5.67. The van der Waals surface area contributed by atoms with Crippen LogP contribution < -0.4 is 0 Å². The van der Waals surface area contributed by atoms with Crippen molar-refractivity contribution in [3.63, 3.8) is 0 Å². The lowest BCUT2D eigenvalue weighted by molar-refractivity contribution is -0.157. The van der Waals surface area contributed by atoms with E-state index in [2.05, 4.69) is 19.6 Å². The number of carbonyl (C=O) groups excluding carboxylic acids is 2. The molecule has 0 aromatic heterocycles. The van der Waals surface area contributed by atoms with E-state index in [0.717, 1.165) is 37.7 Å². The van der Waals surface area contributed by atoms with Gasteiger partial charge < -0.3 is 20.1 Å². The smallest absolute Gasteiger partial charge is 0.313 e. The minimum atomic E-state index is -1.54. The first-order valence-corrected chi connectivity index (χ1v) is 12.2. The molecule has 0 spiro atoms. The maximum absolute atomic E-state index is 12.3. The van der Waals surface area contributed by atoms with Gasteiger partial charge in [-0.05, 0) is 81.8 Å². The van der Waals surface area contributed by atoms with Crippen LogP contribution in [0.4, 0.5) is 0 Å². The zero-order chi connectivity index (χ0) is 24.6. The van der Waals surface area contributed by atoms with Crippen LogP contribution in [0.2, 0.25) is 0 Å². The summed E-state index contributed by atoms with van der Waals surface area (Å²) in [6, 6.07) is 0. The molecule has 0 amide bonds. The largest absolute Gasteiger partial charge is 0.462 e. The zero-order valence-electron chi connectivity index (χ0n) is 20.5. The molecule has 0 bridgehead atoms. The molecule has 0 radical (unpaired) electrons. The number of rotatable bonds is 6. The van der Waals surface area contributed by atoms with Crippen LogP contribution in [0.5, 0.6) is 0 Å². The summed E-state index contributed by atoms with van der Waals surface area (Å²) in [5.74, 6) is -0.524. The number of hydrogen-bond acceptors (Lipinski definition) is 6. The van der Waals surface area contributed by atoms with Gasteiger partial charge in [0, 0.05) is 12.3 Å². The van der Waals surface area contributed by atoms with Crippen LogP contribution >= 0.6 is 0 Å². The number of carbonyl (C=O) groups is 2. The van der Waals surface area contributed by atoms with Gasteiger partial charge in [0.2, 0.25) is 0 Å². The predicted octanol–water partition coefficient (Wildman–Crippen LogP) is 3.79. The highest BCUT2D eigenvalue weighted by atomic mass is 16.5. The minimum absolute atomic E-state index is 0.00511. The molecule has 33 heavy (non-hydrogen) atoms. The van der Waals surface area contributed by atoms with E-state index in [1.54, 1.807) is 0 Å². The molecule has 0 aromatic rings. The summed E-state index contributed by atoms with van der Waals surface area (Å²) in [6.07, 6.45) is 8.20. The van der Waals surface area contributed by atoms with Crippen LogP contribution in [-0.2, 0) is 14.3 Å². The van der Waals surface area contributed by atoms with Crippen LogP contribution in [0.3, 0.4) is 0 Å². The molecular weight excluding hydrogens is 420 g/mol. The Bertz CT molecular complexity index is 847. The molecular formula is C27H40O6. The predicted molar refractivity (Wildman–Crippen MR) is 126 cm³/mol. The standard InChI is InChI=1S/C27H40O6/c1-16-19(13-20(28)14-23(16)29)9-8-18-7-6-12-27(5)21(10-11-22(18)27)17(2)33-25(31)15-24(30)26(3,4)32/h8-9,17,20-23,28-29,32H,1,6-7,10-15H2,2-5H3/b18-8+,19-9-/t17-,20+,21+,22-,23-,27+/m0/s1. The van der Waals surface area contributed by atoms with Gasteiger partial charge in [-0.1, -0.05) is 31.2 Å². The average molecular weight is 461 g/mol. The molecule has 3 rings (SSSR count). The van der Waals surface area contributed by atoms with E-state index >= 15 is 0 Å². The van der Waals surface area contributed by atoms with Crippen molar-refractivity contribution in [2.24, 2.45) is 17.3 Å². The van der Waals surface area contributed by atoms with Crippen LogP contribution in [0.1, 0.15) is 79.1 Å². The number of aliphatic hydroxyl groups excluding tert-OH is 2. The Hall–Kier alpha value is -1.76. The first-order valence-electron chi connectivity index (χ1n) is 12.2. The van der Waals surface area contributed by atoms with E-state index in [1.165, 1.54) is 19.4 Å². The molecule has 3 aliphatic rings. The third kappa shape index (κ3) is 5.67. The molecule has 184 valence electrons. The average Bonchev–Trinajstić information content (AvgIpc) is 3.06. The van der Waals surface area contributed by atoms with Crippen molar-refractivity contribution in [1.82, 2.24) is 0 Å². The van der Waals surface area contributed by atoms with Gasteiger partial charge in [-0.15, -0.1) is 0 Å². The zero-order valence-corrected chi connectivity index (χ0v) is 20.5. The third-order valence-corrected chi connectivity index (χ3v) is 8.17. The summed E-state index contributed by atoms with van der Waals surface area (Å²) in [6.45, 7) is 11.0. The summed E-state index contributed by atoms with van der Waals surface area (Å²) >= 11 is 0. The first kappa shape index (κ1) is 25.9. The van der Waals surface area contributed by atoms with E-state index in [4.69, 9.17) is 4.74 Å². The van der Waals surface area contributed by atoms with Gasteiger partial charge in [0.25, 0.3) is 0 Å². The second kappa shape index (κ2) is 9.85. The maximum Gasteiger partial charge on any atom is 0.313 e. The summed E-state index contributed by atoms with van der Waals surface area (Å²) in [4.78, 5) is 24.3. The molecule has 0 unspecified atom stereocenters. The van der Waals surface area contributed by atoms with E-state index in [0.29, 0.717) is 24.3 Å². The Morgan fingerprint density at radius 2 is 1.97 bits per heavy atom. The molecule has 3 saturated carbocycles. The van der Waals surface area contributed by atoms with Crippen molar-refractivity contribution in [1.29, 1.82) is 0 Å². The van der Waals surface area contributed by atoms with Gasteiger partial charge in [-0.25, -0.2) is 0 Å². The normalized spacial score (nSPS) is 36.0. The quantitative estimate of drug-likeness (QED) is 0.412. The number of fused-ring (bicyclic) bond motifs is 1. The lowest BCUT2D eigenvalue weighted by Gasteiger charge is -2.44. The van der Waals surface area contributed by atoms with Crippen molar-refractivity contribution in [2.75, 3.05) is 0 Å². The lowest BCUT2D eigenvalue weighted by Crippen LogP contribution is -2.40. The highest BCUT2D eigenvalue weighted by molar-refractivity contribution is 5.99. The fourth-order valence-electron chi connectivity index (χ4n) is 6.19. The number of esters is 1. The summed E-state index contributed by atoms with van der Waals surface area (Å²) in [7, 11) is 0. The van der Waals surface area contributed by atoms with E-state index in [1.807, 2.05) is 13.0 Å². The number of Topliss-reactive ketones (excluding diaryl/α,β-unsaturated/α-hetero) is 1. The number of allylic oxidation sites excluding steroid dienone is 3. The Morgan fingerprint density at radius 3 is 2.64 bits per heavy atom. The van der Waals surface area contributed by atoms with Gasteiger partial charge in [-0.2, -0.15) is 0 Å². The SMILES string of the molecule is C=C1/C(=C\C=C2/CCC[C@]3(C)[C@@H]([C@H](C)OC(=O)CC(=O)C(C)(C)O)CC[C@@H]23)C[C@@H](O)C[C@@H]1O. The van der Waals surface area contributed by atoms with Crippen LogP contribution in [0.15, 0.2) is 35.5 Å². The van der Waals surface area contributed by atoms with Crippen LogP contribution in [0, 0.1) is 17.3 Å². The molecule has 6 atom stereocenters. The van der Waals surface area contributed by atoms with Crippen LogP contribution in [0.25, 0.3) is 0 Å². The topological polar surface area (TPSA) is 104 Å². The molecule has 6 heteroatoms. The second-order valence-corrected chi connectivity index (χ2v) is 11.0. The lowest BCUT2D eigenvalue weighted by atomic mass is 9.62. The molecule has 0 aliphatic heterocycles. The van der Waals surface area contributed by atoms with Gasteiger partial charge in [0.1, 0.15) is 18.1 Å². The van der Waals surface area contributed by atoms with Crippen molar-refractivity contribution < 1.29 is 29.6 Å². The van der Waals surface area contributed by atoms with Crippen molar-refractivity contribution >= 4 is 11.8 Å². The van der Waals surface area contributed by atoms with Gasteiger partial charge in [-0.3, -0.25) is 9.59 Å². The second-order valence-electron chi connectivity index (χ2n) is 11.0. The molecule has 0 saturated heterocycles. The molecule has 3 fully saturated rings. The molecule has 3 N–H and O–H groups in total. The number of hydrogen-bond donors (Lipinski definition) is 3. The minimum Gasteiger partial charge on any atom is -0.462 e. The first-order chi connectivity index (χ1) is 15.3. The summed E-state index contributed by atoms with van der Waals surface area (Å²) in [5, 5.41) is 29.9.